The van der Waals surface area contributed by atoms with Gasteiger partial charge >= 0.3 is 0 Å². The molecule has 170 valence electrons. The van der Waals surface area contributed by atoms with Crippen LogP contribution in [0.25, 0.3) is 0 Å². The third-order valence-electron chi connectivity index (χ3n) is 7.15. The minimum atomic E-state index is -3.00. The summed E-state index contributed by atoms with van der Waals surface area (Å²) in [5.74, 6) is 1.11. The lowest BCUT2D eigenvalue weighted by Crippen LogP contribution is -2.47. The number of benzene rings is 2. The molecule has 1 spiro atoms. The zero-order valence-corrected chi connectivity index (χ0v) is 19.4. The monoisotopic (exact) mass is 474 g/mol. The van der Waals surface area contributed by atoms with Crippen LogP contribution < -0.4 is 10.1 Å². The molecule has 3 aliphatic heterocycles. The van der Waals surface area contributed by atoms with Gasteiger partial charge in [0.1, 0.15) is 12.4 Å². The first-order valence-corrected chi connectivity index (χ1v) is 13.2. The summed E-state index contributed by atoms with van der Waals surface area (Å²) in [6.45, 7) is 2.96. The van der Waals surface area contributed by atoms with Gasteiger partial charge in [0.25, 0.3) is 0 Å². The van der Waals surface area contributed by atoms with Crippen molar-refractivity contribution >= 4 is 33.0 Å². The van der Waals surface area contributed by atoms with Crippen molar-refractivity contribution in [2.45, 2.75) is 36.3 Å². The van der Waals surface area contributed by atoms with Crippen LogP contribution in [0.4, 0.5) is 5.69 Å². The molecule has 3 heterocycles. The third-order valence-corrected chi connectivity index (χ3v) is 9.61. The Balaban J connectivity index is 1.14. The molecular weight excluding hydrogens is 448 g/mol. The fraction of sp³-hybridized carbons (Fsp3) is 0.458. The number of amides is 1. The minimum Gasteiger partial charge on any atom is -0.492 e. The highest BCUT2D eigenvalue weighted by Crippen LogP contribution is 2.45. The first-order chi connectivity index (χ1) is 15.4. The van der Waals surface area contributed by atoms with Gasteiger partial charge in [-0.1, -0.05) is 23.7 Å². The van der Waals surface area contributed by atoms with Crippen LogP contribution in [0, 0.1) is 0 Å². The summed E-state index contributed by atoms with van der Waals surface area (Å²) in [6.07, 6.45) is 2.96. The van der Waals surface area contributed by atoms with E-state index in [2.05, 4.69) is 10.2 Å². The van der Waals surface area contributed by atoms with Crippen LogP contribution in [0.15, 0.2) is 42.5 Å². The maximum Gasteiger partial charge on any atom is 0.235 e. The van der Waals surface area contributed by atoms with E-state index in [0.29, 0.717) is 18.1 Å². The fourth-order valence-electron chi connectivity index (χ4n) is 5.28. The van der Waals surface area contributed by atoms with Gasteiger partial charge < -0.3 is 10.1 Å². The molecule has 2 aromatic carbocycles. The van der Waals surface area contributed by atoms with Crippen molar-refractivity contribution in [2.24, 2.45) is 0 Å². The Morgan fingerprint density at radius 3 is 2.56 bits per heavy atom. The van der Waals surface area contributed by atoms with Crippen molar-refractivity contribution in [1.82, 2.24) is 4.90 Å². The molecule has 2 aromatic rings. The topological polar surface area (TPSA) is 75.7 Å². The van der Waals surface area contributed by atoms with E-state index in [9.17, 15) is 13.2 Å². The molecule has 0 unspecified atom stereocenters. The van der Waals surface area contributed by atoms with Gasteiger partial charge in [0.15, 0.2) is 9.84 Å². The number of rotatable bonds is 5. The Kier molecular flexibility index (Phi) is 5.68. The van der Waals surface area contributed by atoms with Crippen LogP contribution >= 0.6 is 11.6 Å². The highest BCUT2D eigenvalue weighted by molar-refractivity contribution is 7.91. The predicted molar refractivity (Wildman–Crippen MR) is 125 cm³/mol. The Labute approximate surface area is 193 Å². The molecular formula is C24H27ClN2O4S. The van der Waals surface area contributed by atoms with Gasteiger partial charge in [0.05, 0.1) is 16.4 Å². The minimum absolute atomic E-state index is 0.0787. The lowest BCUT2D eigenvalue weighted by Gasteiger charge is -2.38. The maximum atomic E-state index is 12.8. The quantitative estimate of drug-likeness (QED) is 0.710. The highest BCUT2D eigenvalue weighted by atomic mass is 35.5. The van der Waals surface area contributed by atoms with E-state index in [1.807, 2.05) is 42.5 Å². The van der Waals surface area contributed by atoms with Crippen molar-refractivity contribution < 1.29 is 17.9 Å². The number of likely N-dealkylation sites (tertiary alicyclic amines) is 1. The van der Waals surface area contributed by atoms with Crippen molar-refractivity contribution in [3.05, 3.63) is 58.6 Å². The van der Waals surface area contributed by atoms with Crippen molar-refractivity contribution in [2.75, 3.05) is 37.3 Å². The second kappa shape index (κ2) is 8.36. The molecule has 0 bridgehead atoms. The Bertz CT molecular complexity index is 1130. The molecule has 0 aromatic heterocycles. The van der Waals surface area contributed by atoms with Crippen molar-refractivity contribution in [1.29, 1.82) is 0 Å². The number of ether oxygens (including phenoxy) is 1. The number of sulfone groups is 1. The number of nitrogens with zero attached hydrogens (tertiary/aromatic N) is 1. The van der Waals surface area contributed by atoms with Gasteiger partial charge in [-0.05, 0) is 80.2 Å². The number of nitrogens with one attached hydrogen (secondary N) is 1. The van der Waals surface area contributed by atoms with Gasteiger partial charge in [0, 0.05) is 17.3 Å². The molecule has 3 aliphatic rings. The molecule has 2 fully saturated rings. The summed E-state index contributed by atoms with van der Waals surface area (Å²) in [6, 6.07) is 13.1. The smallest absolute Gasteiger partial charge is 0.235 e. The molecule has 32 heavy (non-hydrogen) atoms. The summed E-state index contributed by atoms with van der Waals surface area (Å²) in [5.41, 5.74) is 2.28. The molecule has 1 N–H and O–H groups in total. The Hall–Kier alpha value is -2.09. The van der Waals surface area contributed by atoms with Crippen LogP contribution in [0.5, 0.6) is 5.75 Å². The zero-order valence-electron chi connectivity index (χ0n) is 17.8. The van der Waals surface area contributed by atoms with E-state index in [0.717, 1.165) is 61.5 Å². The van der Waals surface area contributed by atoms with E-state index < -0.39 is 15.3 Å². The fourth-order valence-corrected chi connectivity index (χ4v) is 7.40. The SMILES string of the molecule is O=C1Nc2ccc(Cl)cc2C12CCN(CCOc1ccc([C@H]3CCCS3(=O)=O)cc1)CC2. The lowest BCUT2D eigenvalue weighted by atomic mass is 9.73. The zero-order chi connectivity index (χ0) is 22.3. The van der Waals surface area contributed by atoms with Gasteiger partial charge in [0.2, 0.25) is 5.91 Å². The standard InChI is InChI=1S/C24H27ClN2O4S/c25-18-5-8-21-20(16-18)24(23(28)26-21)9-11-27(12-10-24)13-14-31-19-6-3-17(4-7-19)22-2-1-15-32(22,29)30/h3-8,16,22H,1-2,9-15H2,(H,26,28)/t22-/m1/s1. The summed E-state index contributed by atoms with van der Waals surface area (Å²) in [5, 5.41) is 3.30. The van der Waals surface area contributed by atoms with Crippen molar-refractivity contribution in [3.8, 4) is 5.75 Å². The highest BCUT2D eigenvalue weighted by Gasteiger charge is 2.48. The normalized spacial score (nSPS) is 23.8. The molecule has 0 saturated carbocycles. The van der Waals surface area contributed by atoms with Crippen molar-refractivity contribution in [3.63, 3.8) is 0 Å². The molecule has 1 amide bonds. The average Bonchev–Trinajstić information content (AvgIpc) is 3.26. The second-order valence-electron chi connectivity index (χ2n) is 8.98. The van der Waals surface area contributed by atoms with Crippen LogP contribution in [-0.2, 0) is 20.0 Å². The number of piperidine rings is 1. The van der Waals surface area contributed by atoms with Crippen LogP contribution in [0.3, 0.4) is 0 Å². The predicted octanol–water partition coefficient (Wildman–Crippen LogP) is 3.95. The summed E-state index contributed by atoms with van der Waals surface area (Å²) >= 11 is 6.19. The maximum absolute atomic E-state index is 12.8. The molecule has 5 rings (SSSR count). The van der Waals surface area contributed by atoms with Gasteiger partial charge in [-0.3, -0.25) is 9.69 Å². The van der Waals surface area contributed by atoms with Crippen LogP contribution in [0.1, 0.15) is 42.1 Å². The molecule has 0 radical (unpaired) electrons. The molecule has 0 aliphatic carbocycles. The molecule has 1 atom stereocenters. The average molecular weight is 475 g/mol. The molecule has 8 heteroatoms. The van der Waals surface area contributed by atoms with Gasteiger partial charge in [-0.2, -0.15) is 0 Å². The van der Waals surface area contributed by atoms with E-state index in [1.165, 1.54) is 0 Å². The summed E-state index contributed by atoms with van der Waals surface area (Å²) in [4.78, 5) is 15.1. The lowest BCUT2D eigenvalue weighted by molar-refractivity contribution is -0.122. The molecule has 6 nitrogen and oxygen atoms in total. The Morgan fingerprint density at radius 1 is 1.12 bits per heavy atom. The first-order valence-electron chi connectivity index (χ1n) is 11.2. The number of carbonyl (C=O) groups is 1. The number of carbonyl (C=O) groups excluding carboxylic acids is 1. The number of hydrogen-bond acceptors (Lipinski definition) is 5. The van der Waals surface area contributed by atoms with E-state index in [-0.39, 0.29) is 16.9 Å². The molecule has 2 saturated heterocycles. The van der Waals surface area contributed by atoms with E-state index in [1.54, 1.807) is 0 Å². The largest absolute Gasteiger partial charge is 0.492 e. The summed E-state index contributed by atoms with van der Waals surface area (Å²) < 4.78 is 30.1. The number of hydrogen-bond donors (Lipinski definition) is 1. The number of anilines is 1. The first kappa shape index (κ1) is 21.7. The number of halogens is 1. The van der Waals surface area contributed by atoms with Gasteiger partial charge in [-0.15, -0.1) is 0 Å². The van der Waals surface area contributed by atoms with Gasteiger partial charge in [-0.25, -0.2) is 8.42 Å². The Morgan fingerprint density at radius 2 is 1.88 bits per heavy atom. The van der Waals surface area contributed by atoms with E-state index >= 15 is 0 Å². The summed E-state index contributed by atoms with van der Waals surface area (Å²) in [7, 11) is -3.00. The second-order valence-corrected chi connectivity index (χ2v) is 11.7. The number of fused-ring (bicyclic) bond motifs is 2. The van der Waals surface area contributed by atoms with Crippen LogP contribution in [0.2, 0.25) is 5.02 Å². The van der Waals surface area contributed by atoms with E-state index in [4.69, 9.17) is 16.3 Å². The van der Waals surface area contributed by atoms with Crippen LogP contribution in [-0.4, -0.2) is 51.2 Å². The third kappa shape index (κ3) is 3.91.